The summed E-state index contributed by atoms with van der Waals surface area (Å²) in [7, 11) is 0. The lowest BCUT2D eigenvalue weighted by Gasteiger charge is -2.19. The fourth-order valence-electron chi connectivity index (χ4n) is 2.45. The number of hydrogen-bond acceptors (Lipinski definition) is 4. The van der Waals surface area contributed by atoms with Gasteiger partial charge in [-0.15, -0.1) is 0 Å². The number of phenolic OH excluding ortho intramolecular Hbond substituents is 2. The highest BCUT2D eigenvalue weighted by molar-refractivity contribution is 6.13. The van der Waals surface area contributed by atoms with Crippen molar-refractivity contribution in [1.29, 1.82) is 0 Å². The highest BCUT2D eigenvalue weighted by Gasteiger charge is 2.15. The molecular weight excluding hydrogens is 302 g/mol. The van der Waals surface area contributed by atoms with Crippen molar-refractivity contribution in [3.05, 3.63) is 60.2 Å². The van der Waals surface area contributed by atoms with Gasteiger partial charge in [0.05, 0.1) is 0 Å². The number of hydrogen-bond donors (Lipinski definition) is 3. The normalized spacial score (nSPS) is 17.6. The van der Waals surface area contributed by atoms with Gasteiger partial charge in [0.2, 0.25) is 0 Å². The van der Waals surface area contributed by atoms with Crippen LogP contribution in [0.25, 0.3) is 0 Å². The van der Waals surface area contributed by atoms with E-state index in [1.54, 1.807) is 36.4 Å². The van der Waals surface area contributed by atoms with Gasteiger partial charge in [-0.05, 0) is 36.3 Å². The van der Waals surface area contributed by atoms with Crippen LogP contribution in [0, 0.1) is 0 Å². The van der Waals surface area contributed by atoms with Crippen LogP contribution in [0.5, 0.6) is 11.5 Å². The van der Waals surface area contributed by atoms with Crippen LogP contribution >= 0.6 is 0 Å². The third-order valence-electron chi connectivity index (χ3n) is 3.74. The van der Waals surface area contributed by atoms with E-state index in [0.717, 1.165) is 12.0 Å². The molecule has 0 aromatic heterocycles. The Morgan fingerprint density at radius 3 is 2.08 bits per heavy atom. The molecule has 2 aromatic rings. The zero-order chi connectivity index (χ0) is 16.9. The lowest BCUT2D eigenvalue weighted by Crippen LogP contribution is -2.34. The smallest absolute Gasteiger partial charge is 0.141 e. The summed E-state index contributed by atoms with van der Waals surface area (Å²) in [6.07, 6.45) is 3.52. The second-order valence-corrected chi connectivity index (χ2v) is 5.41. The molecule has 24 heavy (non-hydrogen) atoms. The van der Waals surface area contributed by atoms with Crippen LogP contribution in [0.15, 0.2) is 70.2 Å². The first kappa shape index (κ1) is 15.8. The van der Waals surface area contributed by atoms with Gasteiger partial charge in [0, 0.05) is 6.42 Å². The second-order valence-electron chi connectivity index (χ2n) is 5.41. The number of aliphatic imine (C=N–C) groups is 2. The standard InChI is InChI=1S/C19H19N3O2/c1-2-13-11-12-18(20-14-7-3-5-9-16(14)23)22-19(13)21-15-8-4-6-10-17(15)24/h3-11,23-24H,2,12H2,1H3,(H,20,21,22). The molecule has 1 aliphatic rings. The monoisotopic (exact) mass is 321 g/mol. The van der Waals surface area contributed by atoms with Crippen molar-refractivity contribution in [3.8, 4) is 11.5 Å². The van der Waals surface area contributed by atoms with Crippen LogP contribution in [0.1, 0.15) is 19.8 Å². The maximum absolute atomic E-state index is 9.92. The predicted octanol–water partition coefficient (Wildman–Crippen LogP) is 4.19. The summed E-state index contributed by atoms with van der Waals surface area (Å²) < 4.78 is 0. The molecule has 0 amide bonds. The molecule has 0 radical (unpaired) electrons. The number of nitrogens with zero attached hydrogens (tertiary/aromatic N) is 2. The molecule has 2 aromatic carbocycles. The van der Waals surface area contributed by atoms with Gasteiger partial charge in [0.1, 0.15) is 34.5 Å². The average molecular weight is 321 g/mol. The summed E-state index contributed by atoms with van der Waals surface area (Å²) in [6, 6.07) is 13.9. The molecule has 0 unspecified atom stereocenters. The summed E-state index contributed by atoms with van der Waals surface area (Å²) in [5.41, 5.74) is 2.08. The highest BCUT2D eigenvalue weighted by atomic mass is 16.3. The molecule has 3 rings (SSSR count). The molecular formula is C19H19N3O2. The predicted molar refractivity (Wildman–Crippen MR) is 96.5 cm³/mol. The molecule has 122 valence electrons. The Labute approximate surface area is 140 Å². The summed E-state index contributed by atoms with van der Waals surface area (Å²) in [6.45, 7) is 2.05. The third-order valence-corrected chi connectivity index (χ3v) is 3.74. The van der Waals surface area contributed by atoms with Crippen LogP contribution in [0.2, 0.25) is 0 Å². The number of phenols is 2. The molecule has 0 fully saturated rings. The van der Waals surface area contributed by atoms with Crippen molar-refractivity contribution >= 4 is 23.0 Å². The van der Waals surface area contributed by atoms with Crippen LogP contribution in [0.4, 0.5) is 11.4 Å². The number of nitrogens with one attached hydrogen (secondary N) is 1. The van der Waals surface area contributed by atoms with Crippen molar-refractivity contribution in [3.63, 3.8) is 0 Å². The summed E-state index contributed by atoms with van der Waals surface area (Å²) in [5, 5.41) is 23.0. The van der Waals surface area contributed by atoms with Crippen LogP contribution in [0.3, 0.4) is 0 Å². The Balaban J connectivity index is 1.95. The molecule has 1 aliphatic heterocycles. The highest BCUT2D eigenvalue weighted by Crippen LogP contribution is 2.28. The molecule has 5 heteroatoms. The summed E-state index contributed by atoms with van der Waals surface area (Å²) >= 11 is 0. The number of para-hydroxylation sites is 4. The molecule has 0 bridgehead atoms. The molecule has 0 saturated heterocycles. The Bertz CT molecular complexity index is 838. The fourth-order valence-corrected chi connectivity index (χ4v) is 2.45. The van der Waals surface area contributed by atoms with Gasteiger partial charge in [0.15, 0.2) is 0 Å². The van der Waals surface area contributed by atoms with E-state index in [1.165, 1.54) is 0 Å². The Morgan fingerprint density at radius 2 is 1.50 bits per heavy atom. The Hall–Kier alpha value is -3.08. The summed E-state index contributed by atoms with van der Waals surface area (Å²) in [4.78, 5) is 9.00. The van der Waals surface area contributed by atoms with Crippen molar-refractivity contribution in [1.82, 2.24) is 5.32 Å². The molecule has 0 atom stereocenters. The maximum atomic E-state index is 9.92. The van der Waals surface area contributed by atoms with Gasteiger partial charge >= 0.3 is 0 Å². The third kappa shape index (κ3) is 3.46. The quantitative estimate of drug-likeness (QED) is 0.793. The van der Waals surface area contributed by atoms with E-state index in [9.17, 15) is 10.2 Å². The minimum atomic E-state index is 0.131. The first-order valence-corrected chi connectivity index (χ1v) is 7.86. The first-order chi connectivity index (χ1) is 11.7. The Kier molecular flexibility index (Phi) is 4.61. The van der Waals surface area contributed by atoms with E-state index >= 15 is 0 Å². The van der Waals surface area contributed by atoms with Crippen molar-refractivity contribution in [2.24, 2.45) is 9.98 Å². The molecule has 1 heterocycles. The lowest BCUT2D eigenvalue weighted by atomic mass is 10.1. The van der Waals surface area contributed by atoms with Gasteiger partial charge in [-0.2, -0.15) is 0 Å². The van der Waals surface area contributed by atoms with Gasteiger partial charge in [-0.1, -0.05) is 37.3 Å². The van der Waals surface area contributed by atoms with Crippen molar-refractivity contribution < 1.29 is 10.2 Å². The van der Waals surface area contributed by atoms with Crippen molar-refractivity contribution in [2.45, 2.75) is 19.8 Å². The average Bonchev–Trinajstić information content (AvgIpc) is 2.59. The number of benzene rings is 2. The zero-order valence-electron chi connectivity index (χ0n) is 13.4. The van der Waals surface area contributed by atoms with Gasteiger partial charge < -0.3 is 15.5 Å². The van der Waals surface area contributed by atoms with Crippen molar-refractivity contribution in [2.75, 3.05) is 0 Å². The van der Waals surface area contributed by atoms with Gasteiger partial charge in [0.25, 0.3) is 0 Å². The van der Waals surface area contributed by atoms with Gasteiger partial charge in [-0.25, -0.2) is 9.98 Å². The molecule has 5 nitrogen and oxygen atoms in total. The van der Waals surface area contributed by atoms with E-state index in [-0.39, 0.29) is 11.5 Å². The number of rotatable bonds is 3. The van der Waals surface area contributed by atoms with Gasteiger partial charge in [-0.3, -0.25) is 0 Å². The van der Waals surface area contributed by atoms with E-state index in [2.05, 4.69) is 28.3 Å². The van der Waals surface area contributed by atoms with E-state index in [1.807, 2.05) is 12.1 Å². The largest absolute Gasteiger partial charge is 0.506 e. The fraction of sp³-hybridized carbons (Fsp3) is 0.158. The first-order valence-electron chi connectivity index (χ1n) is 7.86. The lowest BCUT2D eigenvalue weighted by molar-refractivity contribution is 0.476. The number of amidine groups is 2. The molecule has 0 spiro atoms. The maximum Gasteiger partial charge on any atom is 0.141 e. The topological polar surface area (TPSA) is 77.2 Å². The van der Waals surface area contributed by atoms with E-state index < -0.39 is 0 Å². The van der Waals surface area contributed by atoms with Crippen LogP contribution in [-0.2, 0) is 0 Å². The van der Waals surface area contributed by atoms with E-state index in [4.69, 9.17) is 0 Å². The minimum Gasteiger partial charge on any atom is -0.506 e. The second kappa shape index (κ2) is 7.00. The minimum absolute atomic E-state index is 0.131. The SMILES string of the molecule is CCC1=CCC(=Nc2ccccc2O)NC1=Nc1ccccc1O. The Morgan fingerprint density at radius 1 is 0.917 bits per heavy atom. The van der Waals surface area contributed by atoms with Crippen LogP contribution < -0.4 is 5.32 Å². The van der Waals surface area contributed by atoms with E-state index in [0.29, 0.717) is 29.5 Å². The zero-order valence-corrected chi connectivity index (χ0v) is 13.4. The molecule has 0 aliphatic carbocycles. The van der Waals surface area contributed by atoms with Crippen LogP contribution in [-0.4, -0.2) is 21.9 Å². The molecule has 0 saturated carbocycles. The molecule has 3 N–H and O–H groups in total. The number of aromatic hydroxyl groups is 2. The summed E-state index contributed by atoms with van der Waals surface area (Å²) in [5.74, 6) is 1.63.